The number of carbonyl (C=O) groups excluding carboxylic acids is 1. The Morgan fingerprint density at radius 2 is 2.23 bits per heavy atom. The molecule has 0 fully saturated rings. The van der Waals surface area contributed by atoms with Crippen LogP contribution in [-0.2, 0) is 9.53 Å². The van der Waals surface area contributed by atoms with Gasteiger partial charge in [-0.15, -0.1) is 0 Å². The maximum Gasteiger partial charge on any atom is 0.302 e. The summed E-state index contributed by atoms with van der Waals surface area (Å²) in [7, 11) is 0. The highest BCUT2D eigenvalue weighted by molar-refractivity contribution is 9.11. The second-order valence-corrected chi connectivity index (χ2v) is 3.66. The van der Waals surface area contributed by atoms with Crippen LogP contribution < -0.4 is 0 Å². The molecule has 0 amide bonds. The molecule has 0 aliphatic carbocycles. The molecule has 0 saturated carbocycles. The molecule has 0 atom stereocenters. The molecule has 0 spiro atoms. The van der Waals surface area contributed by atoms with E-state index in [1.54, 1.807) is 6.08 Å². The van der Waals surface area contributed by atoms with Gasteiger partial charge in [0.1, 0.15) is 0 Å². The lowest BCUT2D eigenvalue weighted by atomic mass is 10.2. The normalized spacial score (nSPS) is 11.1. The molecule has 0 rings (SSSR count). The van der Waals surface area contributed by atoms with Gasteiger partial charge in [-0.25, -0.2) is 0 Å². The summed E-state index contributed by atoms with van der Waals surface area (Å²) < 4.78 is 5.92. The van der Waals surface area contributed by atoms with Crippen molar-refractivity contribution in [2.24, 2.45) is 0 Å². The molecule has 0 N–H and O–H groups in total. The molecular formula is C10H15BrO2. The van der Waals surface area contributed by atoms with Crippen molar-refractivity contribution < 1.29 is 9.53 Å². The zero-order chi connectivity index (χ0) is 10.1. The number of esters is 1. The summed E-state index contributed by atoms with van der Waals surface area (Å²) in [5, 5.41) is 0. The molecule has 2 nitrogen and oxygen atoms in total. The second kappa shape index (κ2) is 8.05. The SMILES string of the molecule is C=C/C=C(/Br)CCCCOC(C)=O. The minimum atomic E-state index is -0.208. The third-order valence-corrected chi connectivity index (χ3v) is 2.07. The van der Waals surface area contributed by atoms with Crippen LogP contribution in [0.4, 0.5) is 0 Å². The standard InChI is InChI=1S/C10H15BrO2/c1-3-6-10(11)7-4-5-8-13-9(2)12/h3,6H,1,4-5,7-8H2,2H3/b10-6+. The number of halogens is 1. The van der Waals surface area contributed by atoms with Crippen LogP contribution in [0.5, 0.6) is 0 Å². The Balaban J connectivity index is 3.30. The summed E-state index contributed by atoms with van der Waals surface area (Å²) in [5.41, 5.74) is 0. The molecule has 0 aromatic heterocycles. The smallest absolute Gasteiger partial charge is 0.302 e. The Hall–Kier alpha value is -0.570. The van der Waals surface area contributed by atoms with Gasteiger partial charge >= 0.3 is 5.97 Å². The fourth-order valence-corrected chi connectivity index (χ4v) is 1.29. The Morgan fingerprint density at radius 1 is 1.54 bits per heavy atom. The molecule has 0 saturated heterocycles. The van der Waals surface area contributed by atoms with Gasteiger partial charge in [-0.2, -0.15) is 0 Å². The van der Waals surface area contributed by atoms with Gasteiger partial charge in [-0.3, -0.25) is 4.79 Å². The van der Waals surface area contributed by atoms with Gasteiger partial charge in [0.15, 0.2) is 0 Å². The van der Waals surface area contributed by atoms with E-state index in [4.69, 9.17) is 4.74 Å². The van der Waals surface area contributed by atoms with Crippen molar-refractivity contribution in [3.63, 3.8) is 0 Å². The largest absolute Gasteiger partial charge is 0.466 e. The van der Waals surface area contributed by atoms with Crippen LogP contribution >= 0.6 is 15.9 Å². The average molecular weight is 247 g/mol. The Labute approximate surface area is 87.8 Å². The average Bonchev–Trinajstić information content (AvgIpc) is 2.03. The number of unbranched alkanes of at least 4 members (excludes halogenated alkanes) is 1. The van der Waals surface area contributed by atoms with E-state index < -0.39 is 0 Å². The summed E-state index contributed by atoms with van der Waals surface area (Å²) >= 11 is 3.40. The summed E-state index contributed by atoms with van der Waals surface area (Å²) in [6.45, 7) is 5.53. The molecule has 3 heteroatoms. The summed E-state index contributed by atoms with van der Waals surface area (Å²) in [5.74, 6) is -0.208. The Morgan fingerprint density at radius 3 is 2.77 bits per heavy atom. The van der Waals surface area contributed by atoms with Crippen molar-refractivity contribution in [1.82, 2.24) is 0 Å². The first kappa shape index (κ1) is 12.4. The zero-order valence-electron chi connectivity index (χ0n) is 7.88. The third kappa shape index (κ3) is 9.34. The molecule has 0 unspecified atom stereocenters. The van der Waals surface area contributed by atoms with E-state index in [1.165, 1.54) is 6.92 Å². The predicted molar refractivity (Wildman–Crippen MR) is 57.7 cm³/mol. The first-order valence-corrected chi connectivity index (χ1v) is 5.06. The highest BCUT2D eigenvalue weighted by Gasteiger charge is 1.94. The van der Waals surface area contributed by atoms with E-state index in [2.05, 4.69) is 22.5 Å². The van der Waals surface area contributed by atoms with Gasteiger partial charge in [0.05, 0.1) is 6.61 Å². The third-order valence-electron chi connectivity index (χ3n) is 1.41. The zero-order valence-corrected chi connectivity index (χ0v) is 9.47. The lowest BCUT2D eigenvalue weighted by Gasteiger charge is -2.00. The van der Waals surface area contributed by atoms with Gasteiger partial charge in [0.25, 0.3) is 0 Å². The van der Waals surface area contributed by atoms with E-state index in [1.807, 2.05) is 6.08 Å². The van der Waals surface area contributed by atoms with Crippen molar-refractivity contribution in [1.29, 1.82) is 0 Å². The van der Waals surface area contributed by atoms with Crippen molar-refractivity contribution in [2.75, 3.05) is 6.61 Å². The van der Waals surface area contributed by atoms with E-state index >= 15 is 0 Å². The topological polar surface area (TPSA) is 26.3 Å². The predicted octanol–water partition coefficient (Wildman–Crippen LogP) is 3.18. The van der Waals surface area contributed by atoms with Crippen molar-refractivity contribution >= 4 is 21.9 Å². The molecule has 0 bridgehead atoms. The number of carbonyl (C=O) groups is 1. The highest BCUT2D eigenvalue weighted by atomic mass is 79.9. The summed E-state index contributed by atoms with van der Waals surface area (Å²) in [6.07, 6.45) is 6.55. The summed E-state index contributed by atoms with van der Waals surface area (Å²) in [4.78, 5) is 10.4. The van der Waals surface area contributed by atoms with E-state index in [-0.39, 0.29) is 5.97 Å². The van der Waals surface area contributed by atoms with Crippen LogP contribution in [0, 0.1) is 0 Å². The fourth-order valence-electron chi connectivity index (χ4n) is 0.823. The van der Waals surface area contributed by atoms with Crippen molar-refractivity contribution in [2.45, 2.75) is 26.2 Å². The van der Waals surface area contributed by atoms with Gasteiger partial charge in [0.2, 0.25) is 0 Å². The van der Waals surface area contributed by atoms with Crippen LogP contribution in [0.3, 0.4) is 0 Å². The van der Waals surface area contributed by atoms with Crippen LogP contribution in [0.25, 0.3) is 0 Å². The molecule has 0 aliphatic rings. The number of ether oxygens (including phenoxy) is 1. The summed E-state index contributed by atoms with van der Waals surface area (Å²) in [6, 6.07) is 0. The fraction of sp³-hybridized carbons (Fsp3) is 0.500. The molecule has 13 heavy (non-hydrogen) atoms. The van der Waals surface area contributed by atoms with Gasteiger partial charge in [-0.1, -0.05) is 34.7 Å². The lowest BCUT2D eigenvalue weighted by Crippen LogP contribution is -1.99. The number of allylic oxidation sites excluding steroid dienone is 3. The number of hydrogen-bond acceptors (Lipinski definition) is 2. The van der Waals surface area contributed by atoms with Crippen LogP contribution in [0.2, 0.25) is 0 Å². The molecule has 0 aromatic rings. The molecule has 74 valence electrons. The van der Waals surface area contributed by atoms with Crippen LogP contribution in [-0.4, -0.2) is 12.6 Å². The molecule has 0 radical (unpaired) electrons. The minimum Gasteiger partial charge on any atom is -0.466 e. The van der Waals surface area contributed by atoms with Gasteiger partial charge < -0.3 is 4.74 Å². The maximum absolute atomic E-state index is 10.4. The monoisotopic (exact) mass is 246 g/mol. The van der Waals surface area contributed by atoms with Crippen molar-refractivity contribution in [3.8, 4) is 0 Å². The van der Waals surface area contributed by atoms with Crippen LogP contribution in [0.15, 0.2) is 23.2 Å². The van der Waals surface area contributed by atoms with E-state index in [0.717, 1.165) is 23.7 Å². The lowest BCUT2D eigenvalue weighted by molar-refractivity contribution is -0.141. The molecule has 0 aliphatic heterocycles. The highest BCUT2D eigenvalue weighted by Crippen LogP contribution is 2.13. The quantitative estimate of drug-likeness (QED) is 0.409. The van der Waals surface area contributed by atoms with Gasteiger partial charge in [-0.05, 0) is 23.7 Å². The maximum atomic E-state index is 10.4. The minimum absolute atomic E-state index is 0.208. The van der Waals surface area contributed by atoms with E-state index in [0.29, 0.717) is 6.61 Å². The molecule has 0 heterocycles. The first-order chi connectivity index (χ1) is 6.16. The van der Waals surface area contributed by atoms with Gasteiger partial charge in [0, 0.05) is 6.92 Å². The van der Waals surface area contributed by atoms with Crippen molar-refractivity contribution in [3.05, 3.63) is 23.2 Å². The first-order valence-electron chi connectivity index (χ1n) is 4.27. The number of hydrogen-bond donors (Lipinski definition) is 0. The molecular weight excluding hydrogens is 232 g/mol. The second-order valence-electron chi connectivity index (χ2n) is 2.65. The Kier molecular flexibility index (Phi) is 7.69. The molecule has 0 aromatic carbocycles. The van der Waals surface area contributed by atoms with E-state index in [9.17, 15) is 4.79 Å². The Bertz CT molecular complexity index is 197. The van der Waals surface area contributed by atoms with Crippen LogP contribution in [0.1, 0.15) is 26.2 Å². The number of rotatable bonds is 6.